The van der Waals surface area contributed by atoms with E-state index in [1.54, 1.807) is 16.7 Å². The minimum Gasteiger partial charge on any atom is -0.370 e. The molecule has 0 radical (unpaired) electrons. The summed E-state index contributed by atoms with van der Waals surface area (Å²) in [6.45, 7) is 4.59. The zero-order valence-corrected chi connectivity index (χ0v) is 14.5. The van der Waals surface area contributed by atoms with Gasteiger partial charge < -0.3 is 15.6 Å². The van der Waals surface area contributed by atoms with Crippen molar-refractivity contribution in [1.82, 2.24) is 9.88 Å². The molecule has 0 aliphatic carbocycles. The lowest BCUT2D eigenvalue weighted by Gasteiger charge is -2.07. The Hall–Kier alpha value is -1.78. The summed E-state index contributed by atoms with van der Waals surface area (Å²) in [6.07, 6.45) is 11.3. The largest absolute Gasteiger partial charge is 0.370 e. The van der Waals surface area contributed by atoms with Gasteiger partial charge in [-0.2, -0.15) is 0 Å². The Morgan fingerprint density at radius 3 is 2.70 bits per heavy atom. The maximum absolute atomic E-state index is 11.5. The van der Waals surface area contributed by atoms with Crippen LogP contribution in [0.1, 0.15) is 58.3 Å². The molecule has 0 aliphatic rings. The molecule has 0 saturated heterocycles. The Bertz CT molecular complexity index is 496. The molecule has 5 heteroatoms. The first-order chi connectivity index (χ1) is 11.2. The fourth-order valence-corrected chi connectivity index (χ4v) is 2.42. The Kier molecular flexibility index (Phi) is 10.7. The summed E-state index contributed by atoms with van der Waals surface area (Å²) in [5, 5.41) is 3.14. The van der Waals surface area contributed by atoms with Crippen LogP contribution >= 0.6 is 0 Å². The average Bonchev–Trinajstić information content (AvgIpc) is 2.55. The van der Waals surface area contributed by atoms with Gasteiger partial charge in [0.2, 0.25) is 5.56 Å². The average molecular weight is 320 g/mol. The zero-order valence-electron chi connectivity index (χ0n) is 14.5. The van der Waals surface area contributed by atoms with E-state index in [1.807, 2.05) is 12.3 Å². The van der Waals surface area contributed by atoms with Gasteiger partial charge in [0.1, 0.15) is 0 Å². The van der Waals surface area contributed by atoms with E-state index in [0.717, 1.165) is 38.9 Å². The third-order valence-electron chi connectivity index (χ3n) is 3.82. The first-order valence-corrected chi connectivity index (χ1v) is 8.93. The van der Waals surface area contributed by atoms with Crippen LogP contribution in [0.5, 0.6) is 0 Å². The van der Waals surface area contributed by atoms with Gasteiger partial charge in [-0.3, -0.25) is 9.79 Å². The van der Waals surface area contributed by atoms with Gasteiger partial charge in [0.15, 0.2) is 5.96 Å². The molecule has 23 heavy (non-hydrogen) atoms. The van der Waals surface area contributed by atoms with Gasteiger partial charge in [-0.1, -0.05) is 45.1 Å². The highest BCUT2D eigenvalue weighted by Crippen LogP contribution is 2.04. The number of nitrogens with zero attached hydrogens (tertiary/aromatic N) is 2. The summed E-state index contributed by atoms with van der Waals surface area (Å²) in [7, 11) is 0. The van der Waals surface area contributed by atoms with Crippen LogP contribution in [-0.4, -0.2) is 23.6 Å². The van der Waals surface area contributed by atoms with Gasteiger partial charge in [0, 0.05) is 31.9 Å². The van der Waals surface area contributed by atoms with E-state index in [0.29, 0.717) is 5.96 Å². The molecule has 5 nitrogen and oxygen atoms in total. The summed E-state index contributed by atoms with van der Waals surface area (Å²) in [6, 6.07) is 5.24. The lowest BCUT2D eigenvalue weighted by Crippen LogP contribution is -2.32. The topological polar surface area (TPSA) is 72.4 Å². The summed E-state index contributed by atoms with van der Waals surface area (Å²) in [4.78, 5) is 15.9. The van der Waals surface area contributed by atoms with E-state index in [1.165, 1.54) is 32.1 Å². The van der Waals surface area contributed by atoms with Crippen LogP contribution in [0, 0.1) is 0 Å². The summed E-state index contributed by atoms with van der Waals surface area (Å²) >= 11 is 0. The number of aromatic nitrogens is 1. The van der Waals surface area contributed by atoms with Crippen molar-refractivity contribution in [2.24, 2.45) is 10.7 Å². The van der Waals surface area contributed by atoms with Crippen molar-refractivity contribution in [1.29, 1.82) is 0 Å². The zero-order chi connectivity index (χ0) is 16.8. The highest BCUT2D eigenvalue weighted by molar-refractivity contribution is 5.77. The first-order valence-electron chi connectivity index (χ1n) is 8.93. The molecule has 0 fully saturated rings. The Morgan fingerprint density at radius 2 is 1.91 bits per heavy atom. The van der Waals surface area contributed by atoms with Gasteiger partial charge in [0.25, 0.3) is 0 Å². The van der Waals surface area contributed by atoms with Crippen LogP contribution in [0.4, 0.5) is 0 Å². The van der Waals surface area contributed by atoms with Crippen LogP contribution in [0.2, 0.25) is 0 Å². The molecule has 0 atom stereocenters. The molecular weight excluding hydrogens is 288 g/mol. The van der Waals surface area contributed by atoms with E-state index in [2.05, 4.69) is 17.2 Å². The molecule has 0 saturated carbocycles. The molecule has 0 amide bonds. The maximum Gasteiger partial charge on any atom is 0.250 e. The van der Waals surface area contributed by atoms with Crippen LogP contribution in [0.15, 0.2) is 34.2 Å². The molecule has 0 aliphatic heterocycles. The summed E-state index contributed by atoms with van der Waals surface area (Å²) in [5.41, 5.74) is 5.89. The van der Waals surface area contributed by atoms with Crippen LogP contribution < -0.4 is 16.6 Å². The summed E-state index contributed by atoms with van der Waals surface area (Å²) < 4.78 is 1.73. The Balaban J connectivity index is 2.01. The van der Waals surface area contributed by atoms with Crippen molar-refractivity contribution in [3.05, 3.63) is 34.7 Å². The molecule has 1 aromatic heterocycles. The van der Waals surface area contributed by atoms with Crippen molar-refractivity contribution in [3.8, 4) is 0 Å². The normalized spacial score (nSPS) is 11.6. The molecule has 0 bridgehead atoms. The number of guanidine groups is 1. The minimum atomic E-state index is 0.0560. The lowest BCUT2D eigenvalue weighted by atomic mass is 10.1. The molecule has 3 N–H and O–H groups in total. The Morgan fingerprint density at radius 1 is 1.13 bits per heavy atom. The molecule has 1 rings (SSSR count). The van der Waals surface area contributed by atoms with Crippen LogP contribution in [-0.2, 0) is 6.54 Å². The molecule has 130 valence electrons. The van der Waals surface area contributed by atoms with Crippen molar-refractivity contribution in [2.75, 3.05) is 13.1 Å². The van der Waals surface area contributed by atoms with E-state index in [4.69, 9.17) is 5.73 Å². The van der Waals surface area contributed by atoms with Crippen molar-refractivity contribution in [2.45, 2.75) is 64.8 Å². The predicted octanol–water partition coefficient (Wildman–Crippen LogP) is 2.89. The number of rotatable bonds is 12. The number of pyridine rings is 1. The maximum atomic E-state index is 11.5. The fourth-order valence-electron chi connectivity index (χ4n) is 2.42. The van der Waals surface area contributed by atoms with Crippen molar-refractivity contribution in [3.63, 3.8) is 0 Å². The second-order valence-electron chi connectivity index (χ2n) is 5.90. The second-order valence-corrected chi connectivity index (χ2v) is 5.90. The minimum absolute atomic E-state index is 0.0560. The number of nitrogens with one attached hydrogen (secondary N) is 1. The van der Waals surface area contributed by atoms with Crippen LogP contribution in [0.3, 0.4) is 0 Å². The number of nitrogens with two attached hydrogens (primary N) is 1. The SMILES string of the molecule is CCCCCCCCN=C(N)NCCCCn1ccccc1=O. The third-order valence-corrected chi connectivity index (χ3v) is 3.82. The molecule has 1 heterocycles. The van der Waals surface area contributed by atoms with Crippen molar-refractivity contribution >= 4 is 5.96 Å². The van der Waals surface area contributed by atoms with E-state index < -0.39 is 0 Å². The number of hydrogen-bond acceptors (Lipinski definition) is 2. The van der Waals surface area contributed by atoms with Gasteiger partial charge in [0.05, 0.1) is 0 Å². The highest BCUT2D eigenvalue weighted by Gasteiger charge is 1.95. The molecule has 1 aromatic rings. The Labute approximate surface area is 140 Å². The quantitative estimate of drug-likeness (QED) is 0.353. The van der Waals surface area contributed by atoms with Gasteiger partial charge in [-0.25, -0.2) is 0 Å². The van der Waals surface area contributed by atoms with E-state index in [9.17, 15) is 4.79 Å². The van der Waals surface area contributed by atoms with E-state index in [-0.39, 0.29) is 5.56 Å². The van der Waals surface area contributed by atoms with Gasteiger partial charge in [-0.15, -0.1) is 0 Å². The summed E-state index contributed by atoms with van der Waals surface area (Å²) in [5.74, 6) is 0.537. The highest BCUT2D eigenvalue weighted by atomic mass is 16.1. The number of unbranched alkanes of at least 4 members (excludes halogenated alkanes) is 6. The molecule has 0 spiro atoms. The van der Waals surface area contributed by atoms with E-state index >= 15 is 0 Å². The monoisotopic (exact) mass is 320 g/mol. The number of aliphatic imine (C=N–C) groups is 1. The number of aryl methyl sites for hydroxylation is 1. The third kappa shape index (κ3) is 9.76. The molecule has 0 unspecified atom stereocenters. The smallest absolute Gasteiger partial charge is 0.250 e. The second kappa shape index (κ2) is 12.7. The number of hydrogen-bond donors (Lipinski definition) is 2. The first kappa shape index (κ1) is 19.3. The van der Waals surface area contributed by atoms with Gasteiger partial charge in [-0.05, 0) is 25.3 Å². The van der Waals surface area contributed by atoms with Crippen LogP contribution in [0.25, 0.3) is 0 Å². The fraction of sp³-hybridized carbons (Fsp3) is 0.667. The molecule has 0 aromatic carbocycles. The van der Waals surface area contributed by atoms with Crippen molar-refractivity contribution < 1.29 is 0 Å². The standard InChI is InChI=1S/C18H32N4O/c1-2-3-4-5-6-8-13-20-18(19)21-14-9-11-16-22-15-10-7-12-17(22)23/h7,10,12,15H,2-6,8-9,11,13-14,16H2,1H3,(H3,19,20,21). The molecular formula is C18H32N4O. The van der Waals surface area contributed by atoms with Gasteiger partial charge >= 0.3 is 0 Å². The lowest BCUT2D eigenvalue weighted by molar-refractivity contribution is 0.586. The predicted molar refractivity (Wildman–Crippen MR) is 97.8 cm³/mol.